The van der Waals surface area contributed by atoms with Gasteiger partial charge in [-0.3, -0.25) is 4.79 Å². The zero-order chi connectivity index (χ0) is 17.7. The molecule has 0 saturated heterocycles. The predicted octanol–water partition coefficient (Wildman–Crippen LogP) is 1.56. The maximum absolute atomic E-state index is 12.6. The maximum Gasteiger partial charge on any atom is 0.246 e. The second-order valence-corrected chi connectivity index (χ2v) is 8.60. The minimum absolute atomic E-state index is 0.00238. The smallest absolute Gasteiger partial charge is 0.246 e. The van der Waals surface area contributed by atoms with Gasteiger partial charge in [0.1, 0.15) is 12.9 Å². The summed E-state index contributed by atoms with van der Waals surface area (Å²) in [5.74, 6) is -0.270. The highest BCUT2D eigenvalue weighted by molar-refractivity contribution is 7.91. The van der Waals surface area contributed by atoms with Crippen LogP contribution in [-0.2, 0) is 26.9 Å². The van der Waals surface area contributed by atoms with Gasteiger partial charge < -0.3 is 5.32 Å². The molecule has 1 saturated carbocycles. The number of tetrazole rings is 1. The Balaban J connectivity index is 1.63. The third-order valence-electron chi connectivity index (χ3n) is 4.34. The summed E-state index contributed by atoms with van der Waals surface area (Å²) in [7, 11) is -3.17. The Morgan fingerprint density at radius 1 is 1.24 bits per heavy atom. The van der Waals surface area contributed by atoms with Gasteiger partial charge in [-0.15, -0.1) is 5.10 Å². The first-order valence-electron chi connectivity index (χ1n) is 8.34. The van der Waals surface area contributed by atoms with Crippen molar-refractivity contribution in [1.82, 2.24) is 20.2 Å². The molecule has 1 amide bonds. The molecule has 2 aromatic rings. The highest BCUT2D eigenvalue weighted by Crippen LogP contribution is 2.26. The van der Waals surface area contributed by atoms with Gasteiger partial charge in [0.2, 0.25) is 5.91 Å². The van der Waals surface area contributed by atoms with E-state index in [1.165, 1.54) is 11.0 Å². The number of aromatic nitrogens is 4. The fraction of sp³-hybridized carbons (Fsp3) is 0.500. The summed E-state index contributed by atoms with van der Waals surface area (Å²) in [4.78, 5) is 12.0. The van der Waals surface area contributed by atoms with Crippen molar-refractivity contribution in [3.8, 4) is 0 Å². The number of nitrogens with one attached hydrogen (secondary N) is 1. The zero-order valence-corrected chi connectivity index (χ0v) is 14.7. The molecule has 0 atom stereocenters. The third-order valence-corrected chi connectivity index (χ3v) is 6.56. The summed E-state index contributed by atoms with van der Waals surface area (Å²) in [6, 6.07) is 6.96. The Kier molecular flexibility index (Phi) is 5.42. The van der Waals surface area contributed by atoms with Crippen LogP contribution in [0.5, 0.6) is 0 Å². The van der Waals surface area contributed by atoms with E-state index in [1.54, 1.807) is 24.3 Å². The van der Waals surface area contributed by atoms with Crippen LogP contribution < -0.4 is 5.32 Å². The van der Waals surface area contributed by atoms with Crippen LogP contribution in [0.15, 0.2) is 30.6 Å². The molecule has 1 fully saturated rings. The van der Waals surface area contributed by atoms with Crippen LogP contribution in [0.25, 0.3) is 0 Å². The molecule has 8 nitrogen and oxygen atoms in total. The number of amides is 1. The first-order chi connectivity index (χ1) is 12.0. The minimum Gasteiger partial charge on any atom is -0.324 e. The Morgan fingerprint density at radius 3 is 2.76 bits per heavy atom. The molecular formula is C16H21N5O3S. The maximum atomic E-state index is 12.6. The van der Waals surface area contributed by atoms with Crippen LogP contribution in [0, 0.1) is 0 Å². The van der Waals surface area contributed by atoms with Crippen molar-refractivity contribution >= 4 is 21.4 Å². The van der Waals surface area contributed by atoms with Crippen molar-refractivity contribution in [3.63, 3.8) is 0 Å². The van der Waals surface area contributed by atoms with Gasteiger partial charge in [-0.05, 0) is 41.0 Å². The van der Waals surface area contributed by atoms with Gasteiger partial charge >= 0.3 is 0 Å². The molecule has 1 aliphatic rings. The van der Waals surface area contributed by atoms with Crippen LogP contribution in [0.2, 0.25) is 0 Å². The van der Waals surface area contributed by atoms with Crippen molar-refractivity contribution in [2.45, 2.75) is 49.7 Å². The largest absolute Gasteiger partial charge is 0.324 e. The lowest BCUT2D eigenvalue weighted by Crippen LogP contribution is -2.25. The topological polar surface area (TPSA) is 107 Å². The van der Waals surface area contributed by atoms with Gasteiger partial charge in [0.15, 0.2) is 9.84 Å². The number of anilines is 1. The fourth-order valence-corrected chi connectivity index (χ4v) is 5.05. The van der Waals surface area contributed by atoms with Crippen LogP contribution in [0.1, 0.15) is 37.7 Å². The van der Waals surface area contributed by atoms with E-state index in [1.807, 2.05) is 0 Å². The first kappa shape index (κ1) is 17.5. The summed E-state index contributed by atoms with van der Waals surface area (Å²) in [5, 5.41) is 13.1. The van der Waals surface area contributed by atoms with Gasteiger partial charge in [-0.1, -0.05) is 31.4 Å². The van der Waals surface area contributed by atoms with E-state index >= 15 is 0 Å². The van der Waals surface area contributed by atoms with Crippen LogP contribution in [0.4, 0.5) is 5.69 Å². The number of hydrogen-bond acceptors (Lipinski definition) is 6. The van der Waals surface area contributed by atoms with E-state index in [0.717, 1.165) is 32.1 Å². The average Bonchev–Trinajstić information content (AvgIpc) is 3.08. The Labute approximate surface area is 146 Å². The van der Waals surface area contributed by atoms with Crippen molar-refractivity contribution in [1.29, 1.82) is 0 Å². The number of carbonyl (C=O) groups is 1. The molecule has 0 spiro atoms. The second-order valence-electron chi connectivity index (χ2n) is 6.32. The average molecular weight is 363 g/mol. The van der Waals surface area contributed by atoms with Gasteiger partial charge in [-0.25, -0.2) is 13.1 Å². The lowest BCUT2D eigenvalue weighted by atomic mass is 10.0. The molecule has 134 valence electrons. The monoisotopic (exact) mass is 363 g/mol. The fourth-order valence-electron chi connectivity index (χ4n) is 3.11. The highest BCUT2D eigenvalue weighted by atomic mass is 32.2. The third kappa shape index (κ3) is 4.85. The number of benzene rings is 1. The van der Waals surface area contributed by atoms with Crippen LogP contribution in [0.3, 0.4) is 0 Å². The number of nitrogens with zero attached hydrogens (tertiary/aromatic N) is 4. The normalized spacial score (nSPS) is 15.8. The molecule has 1 heterocycles. The van der Waals surface area contributed by atoms with Crippen LogP contribution >= 0.6 is 0 Å². The van der Waals surface area contributed by atoms with Crippen molar-refractivity contribution in [2.24, 2.45) is 0 Å². The summed E-state index contributed by atoms with van der Waals surface area (Å²) in [6.07, 6.45) is 5.95. The lowest BCUT2D eigenvalue weighted by Gasteiger charge is -2.21. The van der Waals surface area contributed by atoms with E-state index in [-0.39, 0.29) is 23.5 Å². The van der Waals surface area contributed by atoms with E-state index in [9.17, 15) is 13.2 Å². The van der Waals surface area contributed by atoms with Gasteiger partial charge in [0.05, 0.1) is 11.0 Å². The quantitative estimate of drug-likeness (QED) is 0.835. The SMILES string of the molecule is O=C(Cn1cnnn1)Nc1cccc(CS(=O)(=O)C2CCCCC2)c1. The standard InChI is InChI=1S/C16H21N5O3S/c22-16(10-21-12-17-19-20-21)18-14-6-4-5-13(9-14)11-25(23,24)15-7-2-1-3-8-15/h4-6,9,12,15H,1-3,7-8,10-11H2,(H,18,22). The van der Waals surface area contributed by atoms with Gasteiger partial charge in [0, 0.05) is 5.69 Å². The number of hydrogen-bond donors (Lipinski definition) is 1. The molecule has 1 aromatic heterocycles. The number of rotatable bonds is 6. The van der Waals surface area contributed by atoms with Crippen LogP contribution in [-0.4, -0.2) is 39.8 Å². The second kappa shape index (κ2) is 7.73. The number of carbonyl (C=O) groups excluding carboxylic acids is 1. The molecule has 1 N–H and O–H groups in total. The van der Waals surface area contributed by atoms with Gasteiger partial charge in [-0.2, -0.15) is 0 Å². The van der Waals surface area contributed by atoms with Crippen molar-refractivity contribution < 1.29 is 13.2 Å². The predicted molar refractivity (Wildman–Crippen MR) is 92.4 cm³/mol. The Morgan fingerprint density at radius 2 is 2.04 bits per heavy atom. The molecule has 0 aliphatic heterocycles. The molecule has 25 heavy (non-hydrogen) atoms. The summed E-state index contributed by atoms with van der Waals surface area (Å²) in [6.45, 7) is -0.00238. The molecule has 1 aromatic carbocycles. The van der Waals surface area contributed by atoms with E-state index < -0.39 is 9.84 Å². The van der Waals surface area contributed by atoms with E-state index in [0.29, 0.717) is 11.3 Å². The molecular weight excluding hydrogens is 342 g/mol. The molecule has 0 radical (unpaired) electrons. The summed E-state index contributed by atoms with van der Waals surface area (Å²) in [5.41, 5.74) is 1.25. The first-order valence-corrected chi connectivity index (χ1v) is 10.1. The van der Waals surface area contributed by atoms with E-state index in [4.69, 9.17) is 0 Å². The minimum atomic E-state index is -3.17. The summed E-state index contributed by atoms with van der Waals surface area (Å²) < 4.78 is 26.5. The van der Waals surface area contributed by atoms with Crippen molar-refractivity contribution in [3.05, 3.63) is 36.2 Å². The molecule has 1 aliphatic carbocycles. The van der Waals surface area contributed by atoms with Crippen molar-refractivity contribution in [2.75, 3.05) is 5.32 Å². The zero-order valence-electron chi connectivity index (χ0n) is 13.8. The summed E-state index contributed by atoms with van der Waals surface area (Å²) >= 11 is 0. The van der Waals surface area contributed by atoms with E-state index in [2.05, 4.69) is 20.8 Å². The molecule has 0 bridgehead atoms. The van der Waals surface area contributed by atoms with Gasteiger partial charge in [0.25, 0.3) is 0 Å². The number of sulfone groups is 1. The Hall–Kier alpha value is -2.29. The molecule has 9 heteroatoms. The molecule has 3 rings (SSSR count). The molecule has 0 unspecified atom stereocenters. The Bertz CT molecular complexity index is 814. The lowest BCUT2D eigenvalue weighted by molar-refractivity contribution is -0.116. The highest BCUT2D eigenvalue weighted by Gasteiger charge is 2.27.